The fourth-order valence-electron chi connectivity index (χ4n) is 4.15. The molecule has 2 aromatic rings. The fraction of sp³-hybridized carbons (Fsp3) is 0.545. The molecule has 37 heavy (non-hydrogen) atoms. The van der Waals surface area contributed by atoms with Gasteiger partial charge in [-0.2, -0.15) is 26.3 Å². The summed E-state index contributed by atoms with van der Waals surface area (Å²) >= 11 is 0. The summed E-state index contributed by atoms with van der Waals surface area (Å²) in [5, 5.41) is 18.3. The second-order valence-corrected chi connectivity index (χ2v) is 8.68. The molecule has 0 bridgehead atoms. The van der Waals surface area contributed by atoms with Crippen molar-refractivity contribution in [1.82, 2.24) is 19.9 Å². The smallest absolute Gasteiger partial charge is 0.475 e. The van der Waals surface area contributed by atoms with Crippen LogP contribution in [0.1, 0.15) is 22.6 Å². The van der Waals surface area contributed by atoms with Crippen molar-refractivity contribution in [1.29, 1.82) is 0 Å². The summed E-state index contributed by atoms with van der Waals surface area (Å²) in [6.45, 7) is 10.9. The van der Waals surface area contributed by atoms with Crippen molar-refractivity contribution in [2.75, 3.05) is 26.2 Å². The quantitative estimate of drug-likeness (QED) is 0.562. The second kappa shape index (κ2) is 12.4. The van der Waals surface area contributed by atoms with Gasteiger partial charge >= 0.3 is 24.3 Å². The zero-order valence-electron chi connectivity index (χ0n) is 19.9. The first kappa shape index (κ1) is 30.0. The van der Waals surface area contributed by atoms with Gasteiger partial charge in [0.1, 0.15) is 5.76 Å². The topological polar surface area (TPSA) is 120 Å². The molecule has 4 rings (SSSR count). The number of fused-ring (bicyclic) bond motifs is 1. The maximum absolute atomic E-state index is 10.6. The second-order valence-electron chi connectivity index (χ2n) is 8.68. The van der Waals surface area contributed by atoms with Gasteiger partial charge in [-0.15, -0.1) is 0 Å². The Bertz CT molecular complexity index is 987. The zero-order chi connectivity index (χ0) is 28.0. The van der Waals surface area contributed by atoms with Crippen molar-refractivity contribution >= 4 is 11.9 Å². The predicted octanol–water partition coefficient (Wildman–Crippen LogP) is 3.52. The van der Waals surface area contributed by atoms with Crippen molar-refractivity contribution in [3.05, 3.63) is 47.1 Å². The maximum atomic E-state index is 10.6. The summed E-state index contributed by atoms with van der Waals surface area (Å²) in [7, 11) is 0. The Kier molecular flexibility index (Phi) is 10.0. The van der Waals surface area contributed by atoms with Gasteiger partial charge in [0.25, 0.3) is 0 Å². The molecule has 2 saturated heterocycles. The molecule has 4 heterocycles. The molecule has 0 amide bonds. The van der Waals surface area contributed by atoms with Crippen LogP contribution in [0.5, 0.6) is 0 Å². The van der Waals surface area contributed by atoms with Gasteiger partial charge in [-0.1, -0.05) is 11.2 Å². The molecule has 0 aromatic carbocycles. The van der Waals surface area contributed by atoms with Crippen LogP contribution in [0.4, 0.5) is 26.3 Å². The number of aromatic nitrogens is 2. The number of hydrogen-bond donors (Lipinski definition) is 2. The Hall–Kier alpha value is -3.20. The average Bonchev–Trinajstić information content (AvgIpc) is 3.43. The predicted molar refractivity (Wildman–Crippen MR) is 115 cm³/mol. The van der Waals surface area contributed by atoms with Gasteiger partial charge in [0, 0.05) is 57.2 Å². The largest absolute Gasteiger partial charge is 0.490 e. The van der Waals surface area contributed by atoms with E-state index in [2.05, 4.69) is 26.0 Å². The molecule has 0 spiro atoms. The minimum atomic E-state index is -5.08. The summed E-state index contributed by atoms with van der Waals surface area (Å²) in [5.74, 6) is -2.95. The fourth-order valence-corrected chi connectivity index (χ4v) is 4.15. The van der Waals surface area contributed by atoms with E-state index in [4.69, 9.17) is 24.3 Å². The number of aryl methyl sites for hydroxylation is 2. The third-order valence-electron chi connectivity index (χ3n) is 5.81. The van der Waals surface area contributed by atoms with Gasteiger partial charge in [-0.05, 0) is 37.3 Å². The molecule has 2 aromatic heterocycles. The minimum Gasteiger partial charge on any atom is -0.475 e. The van der Waals surface area contributed by atoms with E-state index in [9.17, 15) is 26.3 Å². The van der Waals surface area contributed by atoms with E-state index in [1.54, 1.807) is 0 Å². The highest BCUT2D eigenvalue weighted by atomic mass is 19.4. The van der Waals surface area contributed by atoms with E-state index < -0.39 is 24.3 Å². The van der Waals surface area contributed by atoms with E-state index in [1.807, 2.05) is 32.3 Å². The van der Waals surface area contributed by atoms with E-state index in [0.717, 1.165) is 36.4 Å². The lowest BCUT2D eigenvalue weighted by Gasteiger charge is -2.21. The molecule has 2 aliphatic heterocycles. The third kappa shape index (κ3) is 9.31. The van der Waals surface area contributed by atoms with Crippen LogP contribution in [0.25, 0.3) is 0 Å². The zero-order valence-corrected chi connectivity index (χ0v) is 19.9. The lowest BCUT2D eigenvalue weighted by molar-refractivity contribution is -0.193. The summed E-state index contributed by atoms with van der Waals surface area (Å²) < 4.78 is 68.8. The van der Waals surface area contributed by atoms with E-state index in [1.165, 1.54) is 37.3 Å². The van der Waals surface area contributed by atoms with Gasteiger partial charge in [0.2, 0.25) is 0 Å². The number of likely N-dealkylation sites (tertiary alicyclic amines) is 2. The molecular weight excluding hydrogens is 514 g/mol. The van der Waals surface area contributed by atoms with Crippen molar-refractivity contribution < 1.29 is 50.7 Å². The van der Waals surface area contributed by atoms with Gasteiger partial charge in [-0.25, -0.2) is 9.59 Å². The first-order valence-electron chi connectivity index (χ1n) is 10.9. The monoisotopic (exact) mass is 540 g/mol. The normalized spacial score (nSPS) is 19.9. The first-order chi connectivity index (χ1) is 17.1. The Labute approximate surface area is 207 Å². The molecule has 2 fully saturated rings. The summed E-state index contributed by atoms with van der Waals surface area (Å²) in [6, 6.07) is 4.20. The molecule has 206 valence electrons. The number of carbonyl (C=O) groups is 2. The van der Waals surface area contributed by atoms with Crippen LogP contribution in [-0.2, 0) is 22.7 Å². The number of rotatable bonds is 4. The highest BCUT2D eigenvalue weighted by molar-refractivity contribution is 5.73. The highest BCUT2D eigenvalue weighted by Crippen LogP contribution is 2.33. The van der Waals surface area contributed by atoms with E-state index >= 15 is 0 Å². The molecule has 0 radical (unpaired) electrons. The average molecular weight is 540 g/mol. The first-order valence-corrected chi connectivity index (χ1v) is 10.9. The lowest BCUT2D eigenvalue weighted by Crippen LogP contribution is -2.28. The Morgan fingerprint density at radius 2 is 1.41 bits per heavy atom. The van der Waals surface area contributed by atoms with Crippen LogP contribution in [0.2, 0.25) is 0 Å². The molecular formula is C22H26F6N4O5. The molecule has 15 heteroatoms. The van der Waals surface area contributed by atoms with Crippen molar-refractivity contribution in [2.45, 2.75) is 39.3 Å². The van der Waals surface area contributed by atoms with Crippen molar-refractivity contribution in [3.8, 4) is 0 Å². The molecule has 9 nitrogen and oxygen atoms in total. The van der Waals surface area contributed by atoms with Gasteiger partial charge in [0.05, 0.1) is 5.69 Å². The van der Waals surface area contributed by atoms with Gasteiger partial charge in [0.15, 0.2) is 0 Å². The van der Waals surface area contributed by atoms with Crippen molar-refractivity contribution in [2.24, 2.45) is 11.8 Å². The summed E-state index contributed by atoms with van der Waals surface area (Å²) in [5.41, 5.74) is 3.63. The number of carboxylic acid groups (broad SMARTS) is 2. The maximum Gasteiger partial charge on any atom is 0.490 e. The Morgan fingerprint density at radius 1 is 0.946 bits per heavy atom. The number of halogens is 6. The highest BCUT2D eigenvalue weighted by Gasteiger charge is 2.40. The van der Waals surface area contributed by atoms with Gasteiger partial charge < -0.3 is 14.7 Å². The SMILES string of the molecule is Cc1noc(C)c1CN1C[C@H]2CN(Cc3cccnc3)C[C@H]2C1.O=C(O)C(F)(F)F.O=C(O)C(F)(F)F. The Morgan fingerprint density at radius 3 is 1.76 bits per heavy atom. The lowest BCUT2D eigenvalue weighted by atomic mass is 10.0. The van der Waals surface area contributed by atoms with Crippen LogP contribution in [0.15, 0.2) is 29.0 Å². The number of pyridine rings is 1. The molecule has 0 aliphatic carbocycles. The molecule has 2 N–H and O–H groups in total. The third-order valence-corrected chi connectivity index (χ3v) is 5.81. The number of carboxylic acids is 2. The molecule has 2 aliphatic rings. The van der Waals surface area contributed by atoms with Crippen LogP contribution >= 0.6 is 0 Å². The molecule has 0 saturated carbocycles. The van der Waals surface area contributed by atoms with Crippen LogP contribution in [0.3, 0.4) is 0 Å². The van der Waals surface area contributed by atoms with Crippen molar-refractivity contribution in [3.63, 3.8) is 0 Å². The van der Waals surface area contributed by atoms with E-state index in [0.29, 0.717) is 0 Å². The van der Waals surface area contributed by atoms with Crippen LogP contribution in [0, 0.1) is 25.7 Å². The number of hydrogen-bond acceptors (Lipinski definition) is 7. The summed E-state index contributed by atoms with van der Waals surface area (Å²) in [6.07, 6.45) is -6.34. The number of aliphatic carboxylic acids is 2. The van der Waals surface area contributed by atoms with E-state index in [-0.39, 0.29) is 0 Å². The van der Waals surface area contributed by atoms with Crippen LogP contribution < -0.4 is 0 Å². The standard InChI is InChI=1S/C18H24N4O.2C2HF3O2/c1-13-18(14(2)23-20-13)12-22-10-16-8-21(9-17(16)11-22)7-15-4-3-5-19-6-15;2*3-2(4,5)1(6)7/h3-6,16-17H,7-12H2,1-2H3;2*(H,6,7)/t16-,17+;;. The minimum absolute atomic E-state index is 0.798. The number of alkyl halides is 6. The van der Waals surface area contributed by atoms with Crippen LogP contribution in [-0.4, -0.2) is 80.6 Å². The summed E-state index contributed by atoms with van der Waals surface area (Å²) in [4.78, 5) is 27.2. The number of nitrogens with zero attached hydrogens (tertiary/aromatic N) is 4. The Balaban J connectivity index is 0.000000286. The molecule has 2 atom stereocenters. The van der Waals surface area contributed by atoms with Gasteiger partial charge in [-0.3, -0.25) is 14.8 Å². The molecule has 0 unspecified atom stereocenters.